The van der Waals surface area contributed by atoms with E-state index >= 15 is 0 Å². The van der Waals surface area contributed by atoms with Crippen molar-refractivity contribution in [2.24, 2.45) is 11.7 Å². The third-order valence-electron chi connectivity index (χ3n) is 3.78. The van der Waals surface area contributed by atoms with Gasteiger partial charge in [0.1, 0.15) is 0 Å². The van der Waals surface area contributed by atoms with Crippen LogP contribution in [-0.2, 0) is 0 Å². The number of hydrogen-bond acceptors (Lipinski definition) is 3. The van der Waals surface area contributed by atoms with Gasteiger partial charge in [-0.1, -0.05) is 6.92 Å². The van der Waals surface area contributed by atoms with Crippen molar-refractivity contribution in [1.82, 2.24) is 4.90 Å². The average Bonchev–Trinajstić information content (AvgIpc) is 2.65. The lowest BCUT2D eigenvalue weighted by Crippen LogP contribution is -2.45. The number of likely N-dealkylation sites (tertiary alicyclic amines) is 1. The summed E-state index contributed by atoms with van der Waals surface area (Å²) in [4.78, 5) is 3.94. The lowest BCUT2D eigenvalue weighted by molar-refractivity contribution is 0.0814. The fourth-order valence-corrected chi connectivity index (χ4v) is 4.92. The van der Waals surface area contributed by atoms with Gasteiger partial charge in [-0.05, 0) is 63.6 Å². The number of thiophene rings is 1. The molecule has 0 saturated carbocycles. The summed E-state index contributed by atoms with van der Waals surface area (Å²) in [5.74, 6) is 0.780. The molecule has 3 unspecified atom stereocenters. The molecule has 2 nitrogen and oxygen atoms in total. The van der Waals surface area contributed by atoms with E-state index in [9.17, 15) is 0 Å². The predicted octanol–water partition coefficient (Wildman–Crippen LogP) is 4.39. The molecule has 102 valence electrons. The molecule has 0 spiro atoms. The Kier molecular flexibility index (Phi) is 5.29. The van der Waals surface area contributed by atoms with Gasteiger partial charge in [-0.3, -0.25) is 4.90 Å². The topological polar surface area (TPSA) is 29.3 Å². The standard InChI is InChI=1S/C13H20Br2N2S/c1-8-3-4-9(2)17(7-8)11(6-16)12-5-10(14)13(15)18-12/h5,8-9,11H,3-4,6-7,16H2,1-2H3. The van der Waals surface area contributed by atoms with Gasteiger partial charge in [0.05, 0.1) is 9.83 Å². The Morgan fingerprint density at radius 1 is 1.44 bits per heavy atom. The van der Waals surface area contributed by atoms with Crippen molar-refractivity contribution in [2.45, 2.75) is 38.8 Å². The van der Waals surface area contributed by atoms with E-state index in [0.717, 1.165) is 20.7 Å². The molecule has 3 atom stereocenters. The summed E-state index contributed by atoms with van der Waals surface area (Å²) in [5.41, 5.74) is 6.04. The maximum absolute atomic E-state index is 6.04. The molecule has 1 aliphatic rings. The molecule has 0 aliphatic carbocycles. The normalized spacial score (nSPS) is 27.4. The van der Waals surface area contributed by atoms with E-state index in [1.54, 1.807) is 11.3 Å². The first-order valence-electron chi connectivity index (χ1n) is 6.43. The fourth-order valence-electron chi connectivity index (χ4n) is 2.70. The van der Waals surface area contributed by atoms with Crippen LogP contribution >= 0.6 is 43.2 Å². The van der Waals surface area contributed by atoms with Gasteiger partial charge >= 0.3 is 0 Å². The smallest absolute Gasteiger partial charge is 0.0843 e. The van der Waals surface area contributed by atoms with Gasteiger partial charge in [-0.15, -0.1) is 11.3 Å². The van der Waals surface area contributed by atoms with Gasteiger partial charge < -0.3 is 5.73 Å². The van der Waals surface area contributed by atoms with Crippen LogP contribution in [0, 0.1) is 5.92 Å². The first-order chi connectivity index (χ1) is 8.52. The number of nitrogens with two attached hydrogens (primary N) is 1. The van der Waals surface area contributed by atoms with Gasteiger partial charge in [0.15, 0.2) is 0 Å². The second-order valence-electron chi connectivity index (χ2n) is 5.25. The van der Waals surface area contributed by atoms with Crippen molar-refractivity contribution in [3.63, 3.8) is 0 Å². The number of hydrogen-bond donors (Lipinski definition) is 1. The molecule has 0 radical (unpaired) electrons. The molecule has 2 heterocycles. The molecule has 2 N–H and O–H groups in total. The van der Waals surface area contributed by atoms with E-state index in [1.165, 1.54) is 17.7 Å². The lowest BCUT2D eigenvalue weighted by Gasteiger charge is -2.41. The Bertz CT molecular complexity index is 388. The van der Waals surface area contributed by atoms with E-state index in [2.05, 4.69) is 56.7 Å². The Morgan fingerprint density at radius 3 is 2.72 bits per heavy atom. The van der Waals surface area contributed by atoms with Crippen LogP contribution in [-0.4, -0.2) is 24.0 Å². The van der Waals surface area contributed by atoms with Crippen LogP contribution in [0.5, 0.6) is 0 Å². The van der Waals surface area contributed by atoms with E-state index in [0.29, 0.717) is 18.6 Å². The molecule has 2 rings (SSSR count). The molecule has 18 heavy (non-hydrogen) atoms. The third-order valence-corrected chi connectivity index (χ3v) is 7.14. The van der Waals surface area contributed by atoms with Crippen LogP contribution in [0.4, 0.5) is 0 Å². The summed E-state index contributed by atoms with van der Waals surface area (Å²) in [6.07, 6.45) is 2.62. The molecule has 1 saturated heterocycles. The van der Waals surface area contributed by atoms with Crippen LogP contribution in [0.3, 0.4) is 0 Å². The summed E-state index contributed by atoms with van der Waals surface area (Å²) in [7, 11) is 0. The van der Waals surface area contributed by atoms with Crippen molar-refractivity contribution < 1.29 is 0 Å². The summed E-state index contributed by atoms with van der Waals surface area (Å²) in [6, 6.07) is 3.20. The average molecular weight is 396 g/mol. The summed E-state index contributed by atoms with van der Waals surface area (Å²) in [5, 5.41) is 0. The molecule has 1 aromatic rings. The molecule has 0 bridgehead atoms. The van der Waals surface area contributed by atoms with Crippen molar-refractivity contribution in [3.8, 4) is 0 Å². The summed E-state index contributed by atoms with van der Waals surface area (Å²) < 4.78 is 2.30. The first-order valence-corrected chi connectivity index (χ1v) is 8.83. The minimum absolute atomic E-state index is 0.357. The maximum atomic E-state index is 6.04. The number of rotatable bonds is 3. The van der Waals surface area contributed by atoms with Crippen LogP contribution in [0.2, 0.25) is 0 Å². The van der Waals surface area contributed by atoms with Crippen LogP contribution < -0.4 is 5.73 Å². The second kappa shape index (κ2) is 6.35. The van der Waals surface area contributed by atoms with Crippen molar-refractivity contribution in [1.29, 1.82) is 0 Å². The van der Waals surface area contributed by atoms with Gasteiger partial charge in [-0.2, -0.15) is 0 Å². The zero-order valence-electron chi connectivity index (χ0n) is 10.8. The number of piperidine rings is 1. The summed E-state index contributed by atoms with van der Waals surface area (Å²) in [6.45, 7) is 6.52. The maximum Gasteiger partial charge on any atom is 0.0843 e. The molecule has 0 aromatic carbocycles. The largest absolute Gasteiger partial charge is 0.329 e. The lowest BCUT2D eigenvalue weighted by atomic mass is 9.93. The van der Waals surface area contributed by atoms with E-state index < -0.39 is 0 Å². The van der Waals surface area contributed by atoms with Crippen molar-refractivity contribution in [3.05, 3.63) is 19.2 Å². The highest BCUT2D eigenvalue weighted by molar-refractivity contribution is 9.13. The zero-order valence-corrected chi connectivity index (χ0v) is 14.8. The molecular weight excluding hydrogens is 376 g/mol. The molecule has 0 amide bonds. The Morgan fingerprint density at radius 2 is 2.17 bits per heavy atom. The highest BCUT2D eigenvalue weighted by atomic mass is 79.9. The molecule has 5 heteroatoms. The Hall–Kier alpha value is 0.580. The fraction of sp³-hybridized carbons (Fsp3) is 0.692. The summed E-state index contributed by atoms with van der Waals surface area (Å²) >= 11 is 8.94. The second-order valence-corrected chi connectivity index (χ2v) is 8.51. The molecule has 1 aromatic heterocycles. The van der Waals surface area contributed by atoms with E-state index in [-0.39, 0.29) is 0 Å². The van der Waals surface area contributed by atoms with Crippen LogP contribution in [0.1, 0.15) is 37.6 Å². The zero-order chi connectivity index (χ0) is 13.3. The van der Waals surface area contributed by atoms with Crippen LogP contribution in [0.25, 0.3) is 0 Å². The predicted molar refractivity (Wildman–Crippen MR) is 86.1 cm³/mol. The van der Waals surface area contributed by atoms with E-state index in [4.69, 9.17) is 5.73 Å². The minimum Gasteiger partial charge on any atom is -0.329 e. The Balaban J connectivity index is 2.21. The van der Waals surface area contributed by atoms with Gasteiger partial charge in [0, 0.05) is 28.5 Å². The first kappa shape index (κ1) is 15.0. The molecule has 1 fully saturated rings. The molecular formula is C13H20Br2N2S. The van der Waals surface area contributed by atoms with Gasteiger partial charge in [-0.25, -0.2) is 0 Å². The Labute approximate surface area is 130 Å². The molecule has 1 aliphatic heterocycles. The van der Waals surface area contributed by atoms with Crippen molar-refractivity contribution >= 4 is 43.2 Å². The van der Waals surface area contributed by atoms with Crippen LogP contribution in [0.15, 0.2) is 14.3 Å². The SMILES string of the molecule is CC1CCC(C)N(C(CN)c2cc(Br)c(Br)s2)C1. The van der Waals surface area contributed by atoms with E-state index in [1.807, 2.05) is 0 Å². The van der Waals surface area contributed by atoms with Gasteiger partial charge in [0.2, 0.25) is 0 Å². The highest BCUT2D eigenvalue weighted by Crippen LogP contribution is 2.39. The quantitative estimate of drug-likeness (QED) is 0.821. The van der Waals surface area contributed by atoms with Crippen molar-refractivity contribution in [2.75, 3.05) is 13.1 Å². The minimum atomic E-state index is 0.357. The number of nitrogens with zero attached hydrogens (tertiary/aromatic N) is 1. The monoisotopic (exact) mass is 394 g/mol. The third kappa shape index (κ3) is 3.18. The highest BCUT2D eigenvalue weighted by Gasteiger charge is 2.30. The number of halogens is 2. The van der Waals surface area contributed by atoms with Gasteiger partial charge in [0.25, 0.3) is 0 Å².